The molecule has 0 aliphatic carbocycles. The van der Waals surface area contributed by atoms with E-state index in [1.165, 1.54) is 24.5 Å². The summed E-state index contributed by atoms with van der Waals surface area (Å²) in [5, 5.41) is 49.6. The Morgan fingerprint density at radius 2 is 1.94 bits per heavy atom. The second-order valence-electron chi connectivity index (χ2n) is 7.17. The van der Waals surface area contributed by atoms with Gasteiger partial charge in [0.05, 0.1) is 18.3 Å². The SMILES string of the molecule is CCCC/C=C/Oc1c(O)c2ccc(OC3O[C@H](CO)[C@@H](O)[C@H](O)[C@H]3O)cc2oc1=O. The Morgan fingerprint density at radius 3 is 2.65 bits per heavy atom. The number of rotatable bonds is 8. The number of hydrogen-bond acceptors (Lipinski definition) is 10. The minimum Gasteiger partial charge on any atom is -0.504 e. The average Bonchev–Trinajstić information content (AvgIpc) is 2.75. The lowest BCUT2D eigenvalue weighted by Gasteiger charge is -2.39. The predicted molar refractivity (Wildman–Crippen MR) is 108 cm³/mol. The number of aliphatic hydroxyl groups is 4. The third-order valence-electron chi connectivity index (χ3n) is 4.92. The summed E-state index contributed by atoms with van der Waals surface area (Å²) < 4.78 is 21.2. The van der Waals surface area contributed by atoms with Gasteiger partial charge in [0, 0.05) is 6.07 Å². The number of benzene rings is 1. The molecule has 1 aromatic heterocycles. The van der Waals surface area contributed by atoms with Crippen LogP contribution in [0.1, 0.15) is 26.2 Å². The summed E-state index contributed by atoms with van der Waals surface area (Å²) in [6.45, 7) is 1.45. The van der Waals surface area contributed by atoms with E-state index in [-0.39, 0.29) is 22.5 Å². The van der Waals surface area contributed by atoms with Crippen LogP contribution in [0.15, 0.2) is 39.7 Å². The zero-order valence-electron chi connectivity index (χ0n) is 16.9. The van der Waals surface area contributed by atoms with Crippen LogP contribution in [0, 0.1) is 0 Å². The van der Waals surface area contributed by atoms with Gasteiger partial charge in [0.2, 0.25) is 6.29 Å². The van der Waals surface area contributed by atoms with Crippen molar-refractivity contribution in [2.75, 3.05) is 6.61 Å². The first-order valence-electron chi connectivity index (χ1n) is 9.96. The lowest BCUT2D eigenvalue weighted by Crippen LogP contribution is -2.60. The molecule has 1 unspecified atom stereocenters. The molecule has 1 aliphatic heterocycles. The van der Waals surface area contributed by atoms with E-state index in [1.807, 2.05) is 6.92 Å². The minimum atomic E-state index is -1.59. The molecule has 0 amide bonds. The summed E-state index contributed by atoms with van der Waals surface area (Å²) in [5.74, 6) is -0.652. The predicted octanol–water partition coefficient (Wildman–Crippen LogP) is 0.760. The van der Waals surface area contributed by atoms with Gasteiger partial charge in [-0.2, -0.15) is 0 Å². The number of hydrogen-bond donors (Lipinski definition) is 5. The number of unbranched alkanes of at least 4 members (excludes halogenated alkanes) is 2. The Kier molecular flexibility index (Phi) is 7.52. The maximum absolute atomic E-state index is 12.2. The first kappa shape index (κ1) is 23.0. The Morgan fingerprint density at radius 1 is 1.16 bits per heavy atom. The third-order valence-corrected chi connectivity index (χ3v) is 4.92. The van der Waals surface area contributed by atoms with E-state index in [4.69, 9.17) is 18.6 Å². The third kappa shape index (κ3) is 5.00. The monoisotopic (exact) mass is 438 g/mol. The van der Waals surface area contributed by atoms with Crippen LogP contribution in [-0.4, -0.2) is 62.8 Å². The summed E-state index contributed by atoms with van der Waals surface area (Å²) in [5.41, 5.74) is -0.901. The zero-order chi connectivity index (χ0) is 22.5. The highest BCUT2D eigenvalue weighted by atomic mass is 16.7. The molecule has 1 aromatic carbocycles. The Bertz CT molecular complexity index is 967. The smallest absolute Gasteiger partial charge is 0.383 e. The van der Waals surface area contributed by atoms with Crippen molar-refractivity contribution in [3.05, 3.63) is 41.0 Å². The lowest BCUT2D eigenvalue weighted by molar-refractivity contribution is -0.277. The molecule has 1 aliphatic rings. The minimum absolute atomic E-state index is 0.00750. The fourth-order valence-electron chi connectivity index (χ4n) is 3.13. The van der Waals surface area contributed by atoms with Crippen molar-refractivity contribution in [3.63, 3.8) is 0 Å². The van der Waals surface area contributed by atoms with Gasteiger partial charge in [-0.05, 0) is 31.1 Å². The van der Waals surface area contributed by atoms with Gasteiger partial charge >= 0.3 is 5.63 Å². The molecule has 0 spiro atoms. The normalized spacial score (nSPS) is 26.4. The number of aliphatic hydroxyl groups excluding tert-OH is 4. The van der Waals surface area contributed by atoms with E-state index < -0.39 is 48.7 Å². The van der Waals surface area contributed by atoms with Gasteiger partial charge in [-0.15, -0.1) is 0 Å². The van der Waals surface area contributed by atoms with Crippen LogP contribution in [0.5, 0.6) is 17.2 Å². The summed E-state index contributed by atoms with van der Waals surface area (Å²) in [4.78, 5) is 12.2. The van der Waals surface area contributed by atoms with Crippen molar-refractivity contribution < 1.29 is 44.2 Å². The van der Waals surface area contributed by atoms with E-state index in [2.05, 4.69) is 0 Å². The highest BCUT2D eigenvalue weighted by Crippen LogP contribution is 2.34. The van der Waals surface area contributed by atoms with E-state index in [0.29, 0.717) is 0 Å². The highest BCUT2D eigenvalue weighted by molar-refractivity contribution is 5.86. The quantitative estimate of drug-likeness (QED) is 0.226. The van der Waals surface area contributed by atoms with Crippen molar-refractivity contribution >= 4 is 11.0 Å². The number of fused-ring (bicyclic) bond motifs is 1. The van der Waals surface area contributed by atoms with Crippen LogP contribution in [0.4, 0.5) is 0 Å². The van der Waals surface area contributed by atoms with Gasteiger partial charge in [0.1, 0.15) is 35.7 Å². The second-order valence-corrected chi connectivity index (χ2v) is 7.17. The Labute approximate surface area is 177 Å². The molecule has 1 saturated heterocycles. The largest absolute Gasteiger partial charge is 0.504 e. The first-order chi connectivity index (χ1) is 14.9. The van der Waals surface area contributed by atoms with E-state index in [0.717, 1.165) is 19.3 Å². The van der Waals surface area contributed by atoms with Crippen LogP contribution in [-0.2, 0) is 4.74 Å². The van der Waals surface area contributed by atoms with E-state index in [9.17, 15) is 30.3 Å². The van der Waals surface area contributed by atoms with Crippen LogP contribution < -0.4 is 15.1 Å². The molecule has 2 heterocycles. The molecule has 0 radical (unpaired) electrons. The van der Waals surface area contributed by atoms with Gasteiger partial charge in [-0.1, -0.05) is 13.3 Å². The van der Waals surface area contributed by atoms with Crippen molar-refractivity contribution in [1.82, 2.24) is 0 Å². The molecule has 0 saturated carbocycles. The molecule has 0 bridgehead atoms. The molecule has 170 valence electrons. The van der Waals surface area contributed by atoms with Gasteiger partial charge in [0.25, 0.3) is 5.75 Å². The maximum Gasteiger partial charge on any atom is 0.383 e. The Hall–Kier alpha value is -2.63. The number of allylic oxidation sites excluding steroid dienone is 1. The number of aromatic hydroxyl groups is 1. The Balaban J connectivity index is 1.81. The molecular formula is C21H26O10. The fraction of sp³-hybridized carbons (Fsp3) is 0.476. The fourth-order valence-corrected chi connectivity index (χ4v) is 3.13. The van der Waals surface area contributed by atoms with Crippen molar-refractivity contribution in [2.45, 2.75) is 56.9 Å². The maximum atomic E-state index is 12.2. The molecule has 1 fully saturated rings. The van der Waals surface area contributed by atoms with Gasteiger partial charge in [-0.25, -0.2) is 4.79 Å². The van der Waals surface area contributed by atoms with Crippen LogP contribution in [0.3, 0.4) is 0 Å². The molecule has 31 heavy (non-hydrogen) atoms. The van der Waals surface area contributed by atoms with Crippen molar-refractivity contribution in [1.29, 1.82) is 0 Å². The summed E-state index contributed by atoms with van der Waals surface area (Å²) in [6.07, 6.45) is -1.41. The van der Waals surface area contributed by atoms with Crippen LogP contribution in [0.2, 0.25) is 0 Å². The molecule has 5 atom stereocenters. The van der Waals surface area contributed by atoms with Crippen LogP contribution in [0.25, 0.3) is 11.0 Å². The first-order valence-corrected chi connectivity index (χ1v) is 9.96. The summed E-state index contributed by atoms with van der Waals surface area (Å²) in [6, 6.07) is 4.13. The lowest BCUT2D eigenvalue weighted by atomic mass is 9.99. The molecule has 5 N–H and O–H groups in total. The van der Waals surface area contributed by atoms with Gasteiger partial charge < -0.3 is 44.2 Å². The zero-order valence-corrected chi connectivity index (χ0v) is 16.9. The van der Waals surface area contributed by atoms with Crippen LogP contribution >= 0.6 is 0 Å². The van der Waals surface area contributed by atoms with Crippen molar-refractivity contribution in [3.8, 4) is 17.2 Å². The highest BCUT2D eigenvalue weighted by Gasteiger charge is 2.44. The average molecular weight is 438 g/mol. The number of ether oxygens (including phenoxy) is 3. The molecule has 3 rings (SSSR count). The molecule has 10 heteroatoms. The molecule has 2 aromatic rings. The van der Waals surface area contributed by atoms with E-state index in [1.54, 1.807) is 6.08 Å². The molecule has 10 nitrogen and oxygen atoms in total. The second kappa shape index (κ2) is 10.1. The van der Waals surface area contributed by atoms with Gasteiger partial charge in [-0.3, -0.25) is 0 Å². The summed E-state index contributed by atoms with van der Waals surface area (Å²) in [7, 11) is 0. The van der Waals surface area contributed by atoms with E-state index >= 15 is 0 Å². The summed E-state index contributed by atoms with van der Waals surface area (Å²) >= 11 is 0. The van der Waals surface area contributed by atoms with Gasteiger partial charge in [0.15, 0.2) is 5.75 Å². The topological polar surface area (TPSA) is 159 Å². The van der Waals surface area contributed by atoms with Crippen molar-refractivity contribution in [2.24, 2.45) is 0 Å². The standard InChI is InChI=1S/C21H26O10/c1-2-3-4-5-8-28-19-15(23)12-7-6-11(9-13(12)30-20(19)27)29-21-18(26)17(25)16(24)14(10-22)31-21/h5-9,14,16-18,21-26H,2-4,10H2,1H3/b8-5+/t14-,16-,17+,18-,21?/m1/s1. The molecular weight excluding hydrogens is 412 g/mol.